The van der Waals surface area contributed by atoms with Gasteiger partial charge in [0.15, 0.2) is 5.82 Å². The number of fused-ring (bicyclic) bond motifs is 1. The topological polar surface area (TPSA) is 63.1 Å². The highest BCUT2D eigenvalue weighted by Crippen LogP contribution is 2.12. The average Bonchev–Trinajstić information content (AvgIpc) is 2.93. The second kappa shape index (κ2) is 9.08. The van der Waals surface area contributed by atoms with Gasteiger partial charge < -0.3 is 14.8 Å². The quantitative estimate of drug-likeness (QED) is 0.808. The SMILES string of the molecule is CC[C@@H](C)CN1CCc2nnc(CNC(=O)Cc3cccc(F)c3)n2CC1. The highest BCUT2D eigenvalue weighted by Gasteiger charge is 2.19. The smallest absolute Gasteiger partial charge is 0.224 e. The summed E-state index contributed by atoms with van der Waals surface area (Å²) in [5.41, 5.74) is 0.660. The first kappa shape index (κ1) is 19.5. The third-order valence-corrected chi connectivity index (χ3v) is 5.16. The van der Waals surface area contributed by atoms with Crippen molar-refractivity contribution in [2.24, 2.45) is 5.92 Å². The van der Waals surface area contributed by atoms with Crippen LogP contribution in [-0.4, -0.2) is 45.2 Å². The Hall–Kier alpha value is -2.28. The molecule has 1 aromatic heterocycles. The number of aromatic nitrogens is 3. The number of hydrogen-bond acceptors (Lipinski definition) is 4. The lowest BCUT2D eigenvalue weighted by atomic mass is 10.1. The maximum absolute atomic E-state index is 13.2. The number of halogens is 1. The van der Waals surface area contributed by atoms with Crippen molar-refractivity contribution in [1.82, 2.24) is 25.0 Å². The number of carbonyl (C=O) groups excluding carboxylic acids is 1. The van der Waals surface area contributed by atoms with Crippen LogP contribution in [0.15, 0.2) is 24.3 Å². The van der Waals surface area contributed by atoms with Crippen molar-refractivity contribution in [3.8, 4) is 0 Å². The molecule has 1 aliphatic rings. The molecule has 2 heterocycles. The molecule has 1 aromatic carbocycles. The number of amides is 1. The van der Waals surface area contributed by atoms with Gasteiger partial charge in [-0.3, -0.25) is 4.79 Å². The predicted octanol–water partition coefficient (Wildman–Crippen LogP) is 2.18. The van der Waals surface area contributed by atoms with E-state index in [1.165, 1.54) is 18.6 Å². The van der Waals surface area contributed by atoms with Crippen molar-refractivity contribution in [2.75, 3.05) is 19.6 Å². The van der Waals surface area contributed by atoms with Crippen LogP contribution in [0.3, 0.4) is 0 Å². The van der Waals surface area contributed by atoms with Crippen molar-refractivity contribution in [2.45, 2.75) is 46.2 Å². The largest absolute Gasteiger partial charge is 0.349 e. The van der Waals surface area contributed by atoms with E-state index in [2.05, 4.69) is 38.8 Å². The van der Waals surface area contributed by atoms with E-state index < -0.39 is 0 Å². The van der Waals surface area contributed by atoms with Gasteiger partial charge in [0, 0.05) is 32.6 Å². The van der Waals surface area contributed by atoms with E-state index in [9.17, 15) is 9.18 Å². The number of nitrogens with zero attached hydrogens (tertiary/aromatic N) is 4. The van der Waals surface area contributed by atoms with Gasteiger partial charge in [-0.2, -0.15) is 0 Å². The standard InChI is InChI=1S/C20H28FN5O/c1-3-15(2)14-25-8-7-18-23-24-19(26(18)10-9-25)13-22-20(27)12-16-5-4-6-17(21)11-16/h4-6,11,15H,3,7-10,12-14H2,1-2H3,(H,22,27)/t15-/m1/s1. The second-order valence-corrected chi connectivity index (χ2v) is 7.33. The molecular formula is C20H28FN5O. The first-order valence-electron chi connectivity index (χ1n) is 9.69. The summed E-state index contributed by atoms with van der Waals surface area (Å²) in [6.07, 6.45) is 2.22. The fourth-order valence-electron chi connectivity index (χ4n) is 3.38. The molecular weight excluding hydrogens is 345 g/mol. The predicted molar refractivity (Wildman–Crippen MR) is 102 cm³/mol. The molecule has 0 spiro atoms. The highest BCUT2D eigenvalue weighted by atomic mass is 19.1. The Kier molecular flexibility index (Phi) is 6.55. The third-order valence-electron chi connectivity index (χ3n) is 5.16. The molecule has 3 rings (SSSR count). The van der Waals surface area contributed by atoms with E-state index in [-0.39, 0.29) is 18.1 Å². The molecule has 0 aliphatic carbocycles. The van der Waals surface area contributed by atoms with Crippen LogP contribution in [0.4, 0.5) is 4.39 Å². The Labute approximate surface area is 159 Å². The van der Waals surface area contributed by atoms with E-state index in [4.69, 9.17) is 0 Å². The molecule has 0 saturated heterocycles. The molecule has 27 heavy (non-hydrogen) atoms. The molecule has 0 saturated carbocycles. The summed E-state index contributed by atoms with van der Waals surface area (Å²) in [6, 6.07) is 6.12. The first-order valence-corrected chi connectivity index (χ1v) is 9.69. The lowest BCUT2D eigenvalue weighted by molar-refractivity contribution is -0.120. The van der Waals surface area contributed by atoms with Crippen LogP contribution >= 0.6 is 0 Å². The van der Waals surface area contributed by atoms with E-state index in [0.29, 0.717) is 18.0 Å². The fourth-order valence-corrected chi connectivity index (χ4v) is 3.38. The maximum Gasteiger partial charge on any atom is 0.224 e. The van der Waals surface area contributed by atoms with Crippen molar-refractivity contribution in [1.29, 1.82) is 0 Å². The van der Waals surface area contributed by atoms with Gasteiger partial charge in [0.05, 0.1) is 13.0 Å². The van der Waals surface area contributed by atoms with Crippen LogP contribution in [0.25, 0.3) is 0 Å². The second-order valence-electron chi connectivity index (χ2n) is 7.33. The molecule has 0 radical (unpaired) electrons. The lowest BCUT2D eigenvalue weighted by Gasteiger charge is -2.22. The van der Waals surface area contributed by atoms with Gasteiger partial charge in [-0.25, -0.2) is 4.39 Å². The number of benzene rings is 1. The van der Waals surface area contributed by atoms with Gasteiger partial charge in [-0.1, -0.05) is 32.4 Å². The summed E-state index contributed by atoms with van der Waals surface area (Å²) in [5.74, 6) is 1.98. The Balaban J connectivity index is 1.54. The zero-order valence-electron chi connectivity index (χ0n) is 16.1. The molecule has 0 bridgehead atoms. The van der Waals surface area contributed by atoms with Gasteiger partial charge in [0.2, 0.25) is 5.91 Å². The summed E-state index contributed by atoms with van der Waals surface area (Å²) >= 11 is 0. The molecule has 6 nitrogen and oxygen atoms in total. The molecule has 0 unspecified atom stereocenters. The molecule has 1 aliphatic heterocycles. The summed E-state index contributed by atoms with van der Waals surface area (Å²) in [4.78, 5) is 14.6. The van der Waals surface area contributed by atoms with Crippen LogP contribution in [-0.2, 0) is 30.7 Å². The summed E-state index contributed by atoms with van der Waals surface area (Å²) in [7, 11) is 0. The Morgan fingerprint density at radius 3 is 2.93 bits per heavy atom. The zero-order valence-corrected chi connectivity index (χ0v) is 16.1. The van der Waals surface area contributed by atoms with Crippen LogP contribution in [0.5, 0.6) is 0 Å². The monoisotopic (exact) mass is 373 g/mol. The number of carbonyl (C=O) groups is 1. The van der Waals surface area contributed by atoms with Crippen LogP contribution < -0.4 is 5.32 Å². The van der Waals surface area contributed by atoms with E-state index in [1.807, 2.05) is 0 Å². The Morgan fingerprint density at radius 1 is 1.30 bits per heavy atom. The van der Waals surface area contributed by atoms with Gasteiger partial charge in [0.25, 0.3) is 0 Å². The molecule has 1 atom stereocenters. The summed E-state index contributed by atoms with van der Waals surface area (Å²) < 4.78 is 15.4. The lowest BCUT2D eigenvalue weighted by Crippen LogP contribution is -2.31. The average molecular weight is 373 g/mol. The summed E-state index contributed by atoms with van der Waals surface area (Å²) in [6.45, 7) is 8.76. The summed E-state index contributed by atoms with van der Waals surface area (Å²) in [5, 5.41) is 11.4. The maximum atomic E-state index is 13.2. The highest BCUT2D eigenvalue weighted by molar-refractivity contribution is 5.78. The van der Waals surface area contributed by atoms with Crippen molar-refractivity contribution >= 4 is 5.91 Å². The van der Waals surface area contributed by atoms with Crippen LogP contribution in [0.2, 0.25) is 0 Å². The minimum absolute atomic E-state index is 0.148. The van der Waals surface area contributed by atoms with Gasteiger partial charge in [-0.05, 0) is 23.6 Å². The molecule has 1 N–H and O–H groups in total. The van der Waals surface area contributed by atoms with E-state index in [1.54, 1.807) is 12.1 Å². The fraction of sp³-hybridized carbons (Fsp3) is 0.550. The molecule has 146 valence electrons. The zero-order chi connectivity index (χ0) is 19.2. The van der Waals surface area contributed by atoms with E-state index >= 15 is 0 Å². The van der Waals surface area contributed by atoms with Crippen molar-refractivity contribution < 1.29 is 9.18 Å². The van der Waals surface area contributed by atoms with Crippen LogP contribution in [0, 0.1) is 11.7 Å². The number of rotatable bonds is 7. The van der Waals surface area contributed by atoms with Gasteiger partial charge in [0.1, 0.15) is 11.6 Å². The minimum atomic E-state index is -0.329. The first-order chi connectivity index (χ1) is 13.0. The van der Waals surface area contributed by atoms with Crippen LogP contribution in [0.1, 0.15) is 37.5 Å². The Bertz CT molecular complexity index is 775. The van der Waals surface area contributed by atoms with E-state index in [0.717, 1.165) is 44.2 Å². The Morgan fingerprint density at radius 2 is 2.15 bits per heavy atom. The molecule has 7 heteroatoms. The normalized spacial score (nSPS) is 15.8. The molecule has 1 amide bonds. The van der Waals surface area contributed by atoms with Gasteiger partial charge >= 0.3 is 0 Å². The van der Waals surface area contributed by atoms with Crippen molar-refractivity contribution in [3.05, 3.63) is 47.3 Å². The molecule has 0 fully saturated rings. The number of hydrogen-bond donors (Lipinski definition) is 1. The van der Waals surface area contributed by atoms with Gasteiger partial charge in [-0.15, -0.1) is 10.2 Å². The third kappa shape index (κ3) is 5.35. The molecule has 2 aromatic rings. The number of nitrogens with one attached hydrogen (secondary N) is 1. The minimum Gasteiger partial charge on any atom is -0.349 e. The van der Waals surface area contributed by atoms with Crippen molar-refractivity contribution in [3.63, 3.8) is 0 Å².